The lowest BCUT2D eigenvalue weighted by molar-refractivity contribution is 0.0697. The lowest BCUT2D eigenvalue weighted by atomic mass is 10.2. The molecule has 0 spiro atoms. The predicted octanol–water partition coefficient (Wildman–Crippen LogP) is 2.22. The van der Waals surface area contributed by atoms with Gasteiger partial charge in [-0.2, -0.15) is 0 Å². The van der Waals surface area contributed by atoms with Gasteiger partial charge in [0.25, 0.3) is 0 Å². The van der Waals surface area contributed by atoms with Crippen molar-refractivity contribution in [1.82, 2.24) is 5.32 Å². The van der Waals surface area contributed by atoms with Crippen LogP contribution >= 0.6 is 0 Å². The van der Waals surface area contributed by atoms with E-state index in [9.17, 15) is 14.0 Å². The molecule has 0 aliphatic carbocycles. The first kappa shape index (κ1) is 13.7. The highest BCUT2D eigenvalue weighted by molar-refractivity contribution is 5.93. The average molecular weight is 252 g/mol. The Morgan fingerprint density at radius 3 is 2.72 bits per heavy atom. The minimum absolute atomic E-state index is 0.108. The van der Waals surface area contributed by atoms with Gasteiger partial charge < -0.3 is 15.7 Å². The van der Waals surface area contributed by atoms with Crippen molar-refractivity contribution in [3.8, 4) is 0 Å². The van der Waals surface area contributed by atoms with Gasteiger partial charge in [-0.1, -0.05) is 6.08 Å². The number of carbonyl (C=O) groups excluding carboxylic acids is 1. The van der Waals surface area contributed by atoms with Gasteiger partial charge in [0.2, 0.25) is 0 Å². The zero-order chi connectivity index (χ0) is 13.7. The van der Waals surface area contributed by atoms with E-state index in [4.69, 9.17) is 5.11 Å². The van der Waals surface area contributed by atoms with Crippen molar-refractivity contribution in [2.45, 2.75) is 13.0 Å². The van der Waals surface area contributed by atoms with E-state index in [1.807, 2.05) is 0 Å². The number of urea groups is 1. The van der Waals surface area contributed by atoms with Gasteiger partial charge in [0, 0.05) is 6.04 Å². The first-order valence-electron chi connectivity index (χ1n) is 5.17. The molecule has 0 heterocycles. The zero-order valence-electron chi connectivity index (χ0n) is 9.74. The summed E-state index contributed by atoms with van der Waals surface area (Å²) in [6.45, 7) is 5.17. The summed E-state index contributed by atoms with van der Waals surface area (Å²) in [6, 6.07) is 2.23. The maximum absolute atomic E-state index is 13.4. The van der Waals surface area contributed by atoms with Crippen molar-refractivity contribution in [3.63, 3.8) is 0 Å². The van der Waals surface area contributed by atoms with Gasteiger partial charge in [-0.15, -0.1) is 6.58 Å². The Morgan fingerprint density at radius 1 is 1.50 bits per heavy atom. The molecule has 6 heteroatoms. The van der Waals surface area contributed by atoms with Crippen LogP contribution < -0.4 is 10.6 Å². The van der Waals surface area contributed by atoms with Crippen LogP contribution in [0.3, 0.4) is 0 Å². The minimum atomic E-state index is -1.20. The molecule has 1 atom stereocenters. The third-order valence-electron chi connectivity index (χ3n) is 2.17. The van der Waals surface area contributed by atoms with Gasteiger partial charge in [-0.05, 0) is 25.1 Å². The number of halogens is 1. The molecule has 2 amide bonds. The molecule has 0 fully saturated rings. The number of nitrogens with one attached hydrogen (secondary N) is 2. The fourth-order valence-corrected chi connectivity index (χ4v) is 1.18. The summed E-state index contributed by atoms with van der Waals surface area (Å²) in [5.74, 6) is -1.90. The Balaban J connectivity index is 2.83. The van der Waals surface area contributed by atoms with Crippen LogP contribution in [0, 0.1) is 5.82 Å². The molecule has 0 saturated heterocycles. The monoisotopic (exact) mass is 252 g/mol. The van der Waals surface area contributed by atoms with E-state index in [0.29, 0.717) is 0 Å². The molecule has 1 rings (SSSR count). The smallest absolute Gasteiger partial charge is 0.335 e. The summed E-state index contributed by atoms with van der Waals surface area (Å²) < 4.78 is 13.4. The first-order valence-corrected chi connectivity index (χ1v) is 5.17. The molecule has 1 aromatic carbocycles. The second-order valence-corrected chi connectivity index (χ2v) is 3.62. The third kappa shape index (κ3) is 3.58. The highest BCUT2D eigenvalue weighted by Gasteiger charge is 2.11. The van der Waals surface area contributed by atoms with Gasteiger partial charge in [-0.3, -0.25) is 0 Å². The number of aromatic carboxylic acids is 1. The normalized spacial score (nSPS) is 11.4. The number of carboxylic acid groups (broad SMARTS) is 1. The third-order valence-corrected chi connectivity index (χ3v) is 2.17. The van der Waals surface area contributed by atoms with Crippen molar-refractivity contribution in [2.75, 3.05) is 5.32 Å². The number of hydrogen-bond donors (Lipinski definition) is 3. The Bertz CT molecular complexity index is 488. The van der Waals surface area contributed by atoms with E-state index >= 15 is 0 Å². The van der Waals surface area contributed by atoms with Crippen molar-refractivity contribution >= 4 is 17.7 Å². The second-order valence-electron chi connectivity index (χ2n) is 3.62. The molecule has 0 saturated carbocycles. The average Bonchev–Trinajstić information content (AvgIpc) is 2.31. The summed E-state index contributed by atoms with van der Waals surface area (Å²) >= 11 is 0. The van der Waals surface area contributed by atoms with Crippen LogP contribution in [-0.2, 0) is 0 Å². The molecule has 1 aromatic rings. The SMILES string of the molecule is C=CC(C)NC(=O)Nc1cc(C(=O)O)ccc1F. The first-order chi connectivity index (χ1) is 8.43. The fraction of sp³-hybridized carbons (Fsp3) is 0.167. The van der Waals surface area contributed by atoms with Crippen LogP contribution in [0.4, 0.5) is 14.9 Å². The van der Waals surface area contributed by atoms with Crippen molar-refractivity contribution in [1.29, 1.82) is 0 Å². The molecule has 0 aliphatic heterocycles. The fourth-order valence-electron chi connectivity index (χ4n) is 1.18. The minimum Gasteiger partial charge on any atom is -0.478 e. The molecule has 0 aromatic heterocycles. The summed E-state index contributed by atoms with van der Waals surface area (Å²) in [4.78, 5) is 22.1. The molecule has 1 unspecified atom stereocenters. The summed E-state index contributed by atoms with van der Waals surface area (Å²) in [5.41, 5.74) is -0.299. The number of anilines is 1. The number of carboxylic acids is 1. The van der Waals surface area contributed by atoms with Crippen molar-refractivity contribution in [3.05, 3.63) is 42.2 Å². The summed E-state index contributed by atoms with van der Waals surface area (Å²) in [7, 11) is 0. The summed E-state index contributed by atoms with van der Waals surface area (Å²) in [5, 5.41) is 13.5. The quantitative estimate of drug-likeness (QED) is 0.719. The van der Waals surface area contributed by atoms with E-state index in [0.717, 1.165) is 18.2 Å². The maximum atomic E-state index is 13.4. The van der Waals surface area contributed by atoms with Gasteiger partial charge in [0.05, 0.1) is 11.3 Å². The van der Waals surface area contributed by atoms with Crippen LogP contribution in [0.1, 0.15) is 17.3 Å². The molecule has 18 heavy (non-hydrogen) atoms. The predicted molar refractivity (Wildman–Crippen MR) is 65.2 cm³/mol. The van der Waals surface area contributed by atoms with E-state index < -0.39 is 17.8 Å². The summed E-state index contributed by atoms with van der Waals surface area (Å²) in [6.07, 6.45) is 1.50. The lowest BCUT2D eigenvalue weighted by Crippen LogP contribution is -2.35. The molecule has 96 valence electrons. The van der Waals surface area contributed by atoms with Crippen LogP contribution in [0.2, 0.25) is 0 Å². The van der Waals surface area contributed by atoms with E-state index in [1.165, 1.54) is 6.08 Å². The van der Waals surface area contributed by atoms with Gasteiger partial charge in [-0.25, -0.2) is 14.0 Å². The van der Waals surface area contributed by atoms with E-state index in [-0.39, 0.29) is 17.3 Å². The zero-order valence-corrected chi connectivity index (χ0v) is 9.74. The van der Waals surface area contributed by atoms with Gasteiger partial charge in [0.15, 0.2) is 0 Å². The highest BCUT2D eigenvalue weighted by atomic mass is 19.1. The molecule has 0 bridgehead atoms. The molecular formula is C12H13FN2O3. The molecule has 5 nitrogen and oxygen atoms in total. The molecule has 0 radical (unpaired) electrons. The lowest BCUT2D eigenvalue weighted by Gasteiger charge is -2.11. The number of amides is 2. The largest absolute Gasteiger partial charge is 0.478 e. The Morgan fingerprint density at radius 2 is 2.17 bits per heavy atom. The van der Waals surface area contributed by atoms with Gasteiger partial charge >= 0.3 is 12.0 Å². The van der Waals surface area contributed by atoms with Crippen LogP contribution in [-0.4, -0.2) is 23.1 Å². The van der Waals surface area contributed by atoms with Crippen LogP contribution in [0.15, 0.2) is 30.9 Å². The van der Waals surface area contributed by atoms with Crippen molar-refractivity contribution < 1.29 is 19.1 Å². The van der Waals surface area contributed by atoms with Gasteiger partial charge in [0.1, 0.15) is 5.82 Å². The molecular weight excluding hydrogens is 239 g/mol. The van der Waals surface area contributed by atoms with Crippen molar-refractivity contribution in [2.24, 2.45) is 0 Å². The number of benzene rings is 1. The van der Waals surface area contributed by atoms with Crippen LogP contribution in [0.5, 0.6) is 0 Å². The molecule has 3 N–H and O–H groups in total. The number of hydrogen-bond acceptors (Lipinski definition) is 2. The number of rotatable bonds is 4. The Kier molecular flexibility index (Phi) is 4.42. The van der Waals surface area contributed by atoms with Crippen LogP contribution in [0.25, 0.3) is 0 Å². The Labute approximate surface area is 103 Å². The maximum Gasteiger partial charge on any atom is 0.335 e. The standard InChI is InChI=1S/C12H13FN2O3/c1-3-7(2)14-12(18)15-10-6-8(11(16)17)4-5-9(10)13/h3-7H,1H2,2H3,(H,16,17)(H2,14,15,18). The Hall–Kier alpha value is -2.37. The topological polar surface area (TPSA) is 78.4 Å². The van der Waals surface area contributed by atoms with E-state index in [2.05, 4.69) is 17.2 Å². The second kappa shape index (κ2) is 5.81. The van der Waals surface area contributed by atoms with E-state index in [1.54, 1.807) is 6.92 Å². The highest BCUT2D eigenvalue weighted by Crippen LogP contribution is 2.16. The molecule has 0 aliphatic rings. The number of carbonyl (C=O) groups is 2.